The fraction of sp³-hybridized carbons (Fsp3) is 0.455. The molecule has 0 atom stereocenters. The molecule has 2 rings (SSSR count). The van der Waals surface area contributed by atoms with Crippen molar-refractivity contribution < 1.29 is 0 Å². The van der Waals surface area contributed by atoms with Crippen molar-refractivity contribution in [2.45, 2.75) is 31.7 Å². The molecule has 1 aromatic rings. The van der Waals surface area contributed by atoms with Gasteiger partial charge >= 0.3 is 0 Å². The summed E-state index contributed by atoms with van der Waals surface area (Å²) in [6, 6.07) is 6.19. The Hall–Kier alpha value is -1.56. The first-order valence-electron chi connectivity index (χ1n) is 5.01. The van der Waals surface area contributed by atoms with Crippen molar-refractivity contribution in [3.05, 3.63) is 23.9 Å². The fourth-order valence-electron chi connectivity index (χ4n) is 1.86. The minimum Gasteiger partial charge on any atom is -0.367 e. The predicted molar refractivity (Wildman–Crippen MR) is 54.8 cm³/mol. The number of nitrogens with zero attached hydrogens (tertiary/aromatic N) is 2. The van der Waals surface area contributed by atoms with Crippen molar-refractivity contribution in [1.82, 2.24) is 4.98 Å². The van der Waals surface area contributed by atoms with Gasteiger partial charge in [-0.2, -0.15) is 5.26 Å². The maximum atomic E-state index is 8.72. The Bertz CT molecular complexity index is 348. The number of aromatic nitrogens is 1. The predicted octanol–water partition coefficient (Wildman–Crippen LogP) is 2.31. The van der Waals surface area contributed by atoms with Crippen LogP contribution in [0.2, 0.25) is 0 Å². The summed E-state index contributed by atoms with van der Waals surface area (Å²) in [5.41, 5.74) is 0.667. The highest BCUT2D eigenvalue weighted by atomic mass is 15.0. The molecular weight excluding hydrogens is 174 g/mol. The summed E-state index contributed by atoms with van der Waals surface area (Å²) < 4.78 is 0. The van der Waals surface area contributed by atoms with E-state index in [9.17, 15) is 0 Å². The third-order valence-electron chi connectivity index (χ3n) is 2.60. The lowest BCUT2D eigenvalue weighted by Crippen LogP contribution is -2.15. The molecule has 1 aromatic heterocycles. The Morgan fingerprint density at radius 1 is 1.43 bits per heavy atom. The standard InChI is InChI=1S/C11H13N3/c12-8-9-5-6-13-11(7-9)14-10-3-1-2-4-10/h5-7,10H,1-4H2,(H,13,14). The summed E-state index contributed by atoms with van der Waals surface area (Å²) in [6.07, 6.45) is 6.72. The molecule has 1 saturated carbocycles. The molecule has 3 heteroatoms. The van der Waals surface area contributed by atoms with Gasteiger partial charge in [0.2, 0.25) is 0 Å². The average molecular weight is 187 g/mol. The van der Waals surface area contributed by atoms with Gasteiger partial charge in [-0.3, -0.25) is 0 Å². The van der Waals surface area contributed by atoms with E-state index in [2.05, 4.69) is 16.4 Å². The molecule has 0 radical (unpaired) electrons. The van der Waals surface area contributed by atoms with E-state index in [1.54, 1.807) is 18.3 Å². The summed E-state index contributed by atoms with van der Waals surface area (Å²) in [4.78, 5) is 4.19. The van der Waals surface area contributed by atoms with E-state index in [1.807, 2.05) is 0 Å². The zero-order valence-electron chi connectivity index (χ0n) is 8.03. The summed E-state index contributed by atoms with van der Waals surface area (Å²) in [5.74, 6) is 0.830. The van der Waals surface area contributed by atoms with Gasteiger partial charge in [0.1, 0.15) is 5.82 Å². The minimum absolute atomic E-state index is 0.552. The average Bonchev–Trinajstić information content (AvgIpc) is 2.71. The molecule has 0 amide bonds. The molecule has 0 unspecified atom stereocenters. The Labute approximate surface area is 83.8 Å². The zero-order chi connectivity index (χ0) is 9.80. The Kier molecular flexibility index (Phi) is 2.64. The molecule has 1 heterocycles. The molecule has 0 aromatic carbocycles. The van der Waals surface area contributed by atoms with Crippen molar-refractivity contribution in [1.29, 1.82) is 5.26 Å². The molecule has 0 bridgehead atoms. The van der Waals surface area contributed by atoms with Gasteiger partial charge in [-0.15, -0.1) is 0 Å². The highest BCUT2D eigenvalue weighted by molar-refractivity contribution is 5.43. The van der Waals surface area contributed by atoms with Crippen molar-refractivity contribution in [2.24, 2.45) is 0 Å². The normalized spacial score (nSPS) is 16.5. The van der Waals surface area contributed by atoms with Crippen LogP contribution in [-0.2, 0) is 0 Å². The Morgan fingerprint density at radius 2 is 2.21 bits per heavy atom. The van der Waals surface area contributed by atoms with E-state index >= 15 is 0 Å². The van der Waals surface area contributed by atoms with Crippen molar-refractivity contribution in [2.75, 3.05) is 5.32 Å². The third kappa shape index (κ3) is 2.02. The highest BCUT2D eigenvalue weighted by Crippen LogP contribution is 2.21. The van der Waals surface area contributed by atoms with Crippen molar-refractivity contribution in [3.8, 4) is 6.07 Å². The van der Waals surface area contributed by atoms with E-state index in [-0.39, 0.29) is 0 Å². The van der Waals surface area contributed by atoms with Gasteiger partial charge in [-0.25, -0.2) is 4.98 Å². The van der Waals surface area contributed by atoms with Gasteiger partial charge in [0.05, 0.1) is 11.6 Å². The van der Waals surface area contributed by atoms with Gasteiger partial charge in [-0.05, 0) is 25.0 Å². The second-order valence-electron chi connectivity index (χ2n) is 3.67. The van der Waals surface area contributed by atoms with E-state index in [4.69, 9.17) is 5.26 Å². The molecule has 1 aliphatic rings. The van der Waals surface area contributed by atoms with Crippen LogP contribution in [0.5, 0.6) is 0 Å². The van der Waals surface area contributed by atoms with Crippen LogP contribution in [0.25, 0.3) is 0 Å². The fourth-order valence-corrected chi connectivity index (χ4v) is 1.86. The van der Waals surface area contributed by atoms with Gasteiger partial charge in [0, 0.05) is 12.2 Å². The van der Waals surface area contributed by atoms with E-state index in [1.165, 1.54) is 25.7 Å². The van der Waals surface area contributed by atoms with E-state index in [0.717, 1.165) is 5.82 Å². The Balaban J connectivity index is 2.05. The summed E-state index contributed by atoms with van der Waals surface area (Å²) >= 11 is 0. The summed E-state index contributed by atoms with van der Waals surface area (Å²) in [5, 5.41) is 12.1. The van der Waals surface area contributed by atoms with Crippen LogP contribution in [0, 0.1) is 11.3 Å². The molecule has 3 nitrogen and oxygen atoms in total. The molecule has 0 aliphatic heterocycles. The molecule has 14 heavy (non-hydrogen) atoms. The first-order chi connectivity index (χ1) is 6.88. The number of hydrogen-bond donors (Lipinski definition) is 1. The van der Waals surface area contributed by atoms with E-state index < -0.39 is 0 Å². The lowest BCUT2D eigenvalue weighted by molar-refractivity contribution is 0.750. The highest BCUT2D eigenvalue weighted by Gasteiger charge is 2.14. The molecule has 0 spiro atoms. The second kappa shape index (κ2) is 4.10. The molecule has 1 fully saturated rings. The van der Waals surface area contributed by atoms with Crippen LogP contribution < -0.4 is 5.32 Å². The van der Waals surface area contributed by atoms with Crippen LogP contribution in [0.15, 0.2) is 18.3 Å². The SMILES string of the molecule is N#Cc1ccnc(NC2CCCC2)c1. The quantitative estimate of drug-likeness (QED) is 0.772. The summed E-state index contributed by atoms with van der Waals surface area (Å²) in [6.45, 7) is 0. The minimum atomic E-state index is 0.552. The number of anilines is 1. The van der Waals surface area contributed by atoms with Gasteiger partial charge in [0.15, 0.2) is 0 Å². The first kappa shape index (κ1) is 9.01. The number of hydrogen-bond acceptors (Lipinski definition) is 3. The van der Waals surface area contributed by atoms with Crippen LogP contribution in [0.1, 0.15) is 31.2 Å². The number of nitriles is 1. The van der Waals surface area contributed by atoms with Gasteiger partial charge in [-0.1, -0.05) is 12.8 Å². The lowest BCUT2D eigenvalue weighted by Gasteiger charge is -2.11. The monoisotopic (exact) mass is 187 g/mol. The summed E-state index contributed by atoms with van der Waals surface area (Å²) in [7, 11) is 0. The smallest absolute Gasteiger partial charge is 0.127 e. The molecular formula is C11H13N3. The van der Waals surface area contributed by atoms with Crippen LogP contribution in [0.3, 0.4) is 0 Å². The third-order valence-corrected chi connectivity index (χ3v) is 2.60. The number of pyridine rings is 1. The van der Waals surface area contributed by atoms with Crippen molar-refractivity contribution >= 4 is 5.82 Å². The van der Waals surface area contributed by atoms with Crippen LogP contribution >= 0.6 is 0 Å². The molecule has 1 N–H and O–H groups in total. The lowest BCUT2D eigenvalue weighted by atomic mass is 10.2. The molecule has 1 aliphatic carbocycles. The second-order valence-corrected chi connectivity index (χ2v) is 3.67. The topological polar surface area (TPSA) is 48.7 Å². The zero-order valence-corrected chi connectivity index (χ0v) is 8.03. The van der Waals surface area contributed by atoms with Crippen LogP contribution in [-0.4, -0.2) is 11.0 Å². The number of rotatable bonds is 2. The van der Waals surface area contributed by atoms with Crippen LogP contribution in [0.4, 0.5) is 5.82 Å². The number of nitrogens with one attached hydrogen (secondary N) is 1. The van der Waals surface area contributed by atoms with Gasteiger partial charge in [0.25, 0.3) is 0 Å². The van der Waals surface area contributed by atoms with Crippen molar-refractivity contribution in [3.63, 3.8) is 0 Å². The maximum absolute atomic E-state index is 8.72. The molecule has 0 saturated heterocycles. The van der Waals surface area contributed by atoms with Gasteiger partial charge < -0.3 is 5.32 Å². The van der Waals surface area contributed by atoms with E-state index in [0.29, 0.717) is 11.6 Å². The first-order valence-corrected chi connectivity index (χ1v) is 5.01. The molecule has 72 valence electrons. The largest absolute Gasteiger partial charge is 0.367 e. The maximum Gasteiger partial charge on any atom is 0.127 e. The Morgan fingerprint density at radius 3 is 2.93 bits per heavy atom.